The van der Waals surface area contributed by atoms with Crippen LogP contribution >= 0.6 is 0 Å². The summed E-state index contributed by atoms with van der Waals surface area (Å²) in [7, 11) is 1.58. The van der Waals surface area contributed by atoms with E-state index in [9.17, 15) is 35.1 Å². The van der Waals surface area contributed by atoms with Crippen LogP contribution < -0.4 is 4.74 Å². The van der Waals surface area contributed by atoms with Crippen molar-refractivity contribution < 1.29 is 39.9 Å². The first-order valence-electron chi connectivity index (χ1n) is 18.5. The third-order valence-electron chi connectivity index (χ3n) is 14.4. The number of hydrogen-bond donors (Lipinski definition) is 5. The predicted octanol–water partition coefficient (Wildman–Crippen LogP) is 9.18. The quantitative estimate of drug-likeness (QED) is 0.100. The molecule has 7 rings (SSSR count). The van der Waals surface area contributed by atoms with Gasteiger partial charge in [-0.25, -0.2) is 0 Å². The molecular formula is C44H54O8. The summed E-state index contributed by atoms with van der Waals surface area (Å²) >= 11 is 0. The predicted molar refractivity (Wildman–Crippen MR) is 200 cm³/mol. The van der Waals surface area contributed by atoms with Crippen molar-refractivity contribution in [3.63, 3.8) is 0 Å². The van der Waals surface area contributed by atoms with Crippen LogP contribution in [0.4, 0.5) is 0 Å². The van der Waals surface area contributed by atoms with E-state index in [-0.39, 0.29) is 62.4 Å². The summed E-state index contributed by atoms with van der Waals surface area (Å²) in [5.74, 6) is -0.0426. The van der Waals surface area contributed by atoms with Gasteiger partial charge in [-0.15, -0.1) is 0 Å². The first-order valence-corrected chi connectivity index (χ1v) is 18.5. The largest absolute Gasteiger partial charge is 0.508 e. The van der Waals surface area contributed by atoms with Crippen molar-refractivity contribution in [1.29, 1.82) is 0 Å². The number of carbonyl (C=O) groups is 2. The Hall–Kier alpha value is -4.46. The SMILES string of the molecule is COc1ccc(CC(=O)c2ccc(O)cc2O)cc1.Cc1c(O)c(O)cc2c1CC=C1C2(C)CCC2(C)C3CC(C)(C(=O)O)CCC3(C)CCC12C. The van der Waals surface area contributed by atoms with Gasteiger partial charge in [-0.05, 0) is 140 Å². The number of carboxylic acids is 1. The molecule has 4 aliphatic carbocycles. The smallest absolute Gasteiger partial charge is 0.309 e. The van der Waals surface area contributed by atoms with Crippen molar-refractivity contribution in [2.24, 2.45) is 27.6 Å². The zero-order valence-corrected chi connectivity index (χ0v) is 31.6. The van der Waals surface area contributed by atoms with Gasteiger partial charge in [-0.1, -0.05) is 51.5 Å². The molecule has 0 bridgehead atoms. The van der Waals surface area contributed by atoms with Gasteiger partial charge in [0.2, 0.25) is 0 Å². The van der Waals surface area contributed by atoms with E-state index in [1.807, 2.05) is 19.9 Å². The van der Waals surface area contributed by atoms with Gasteiger partial charge < -0.3 is 30.3 Å². The Morgan fingerprint density at radius 2 is 1.50 bits per heavy atom. The Bertz CT molecular complexity index is 1950. The first-order chi connectivity index (χ1) is 24.3. The fourth-order valence-corrected chi connectivity index (χ4v) is 10.7. The average molecular weight is 711 g/mol. The normalized spacial score (nSPS) is 31.7. The second-order valence-corrected chi connectivity index (χ2v) is 17.2. The number of carboxylic acid groups (broad SMARTS) is 1. The highest BCUT2D eigenvalue weighted by molar-refractivity contribution is 6.00. The van der Waals surface area contributed by atoms with E-state index in [4.69, 9.17) is 4.74 Å². The molecule has 4 aliphatic rings. The molecule has 0 spiro atoms. The van der Waals surface area contributed by atoms with Gasteiger partial charge in [0.25, 0.3) is 0 Å². The number of benzene rings is 3. The minimum absolute atomic E-state index is 0.00431. The number of carbonyl (C=O) groups excluding carboxylic acids is 1. The number of aromatic hydroxyl groups is 4. The minimum Gasteiger partial charge on any atom is -0.508 e. The fourth-order valence-electron chi connectivity index (χ4n) is 10.7. The molecule has 0 saturated heterocycles. The van der Waals surface area contributed by atoms with Gasteiger partial charge in [0.05, 0.1) is 18.1 Å². The van der Waals surface area contributed by atoms with Crippen LogP contribution in [-0.2, 0) is 23.1 Å². The number of phenolic OH excluding ortho intramolecular Hbond substituents is 4. The van der Waals surface area contributed by atoms with Gasteiger partial charge in [0, 0.05) is 17.9 Å². The molecule has 0 heterocycles. The standard InChI is InChI=1S/C29H40O4.C15H14O4/c1-17-18-7-8-21-27(4,19(18)15-20(30)23(17)31)12-14-29(6)22-16-26(3,24(32)33)10-9-25(22,2)11-13-28(21,29)5;1-19-12-5-2-10(3-6-12)8-14(17)13-7-4-11(16)9-15(13)18/h8,15,22,30-31H,7,9-14,16H2,1-6H3,(H,32,33);2-7,9,16,18H,8H2,1H3. The summed E-state index contributed by atoms with van der Waals surface area (Å²) in [4.78, 5) is 24.3. The molecule has 3 aromatic rings. The van der Waals surface area contributed by atoms with Crippen molar-refractivity contribution in [2.75, 3.05) is 7.11 Å². The number of methoxy groups -OCH3 is 1. The van der Waals surface area contributed by atoms with Crippen LogP contribution in [0.1, 0.15) is 112 Å². The number of ether oxygens (including phenoxy) is 1. The molecule has 8 nitrogen and oxygen atoms in total. The van der Waals surface area contributed by atoms with Crippen LogP contribution in [0.2, 0.25) is 0 Å². The topological polar surface area (TPSA) is 145 Å². The molecule has 52 heavy (non-hydrogen) atoms. The maximum atomic E-state index is 12.3. The summed E-state index contributed by atoms with van der Waals surface area (Å²) in [5.41, 5.74) is 5.04. The monoisotopic (exact) mass is 710 g/mol. The molecule has 8 heteroatoms. The van der Waals surface area contributed by atoms with E-state index in [0.29, 0.717) is 5.92 Å². The number of phenols is 4. The molecule has 6 unspecified atom stereocenters. The van der Waals surface area contributed by atoms with Crippen LogP contribution in [0.5, 0.6) is 28.7 Å². The second kappa shape index (κ2) is 12.9. The highest BCUT2D eigenvalue weighted by Crippen LogP contribution is 2.74. The van der Waals surface area contributed by atoms with Crippen LogP contribution in [0.15, 0.2) is 60.2 Å². The van der Waals surface area contributed by atoms with Crippen molar-refractivity contribution in [3.05, 3.63) is 88.0 Å². The highest BCUT2D eigenvalue weighted by Gasteiger charge is 2.67. The van der Waals surface area contributed by atoms with Crippen LogP contribution in [0, 0.1) is 34.5 Å². The van der Waals surface area contributed by atoms with Crippen molar-refractivity contribution in [2.45, 2.75) is 105 Å². The average Bonchev–Trinajstić information content (AvgIpc) is 3.10. The number of fused-ring (bicyclic) bond motifs is 7. The lowest BCUT2D eigenvalue weighted by Gasteiger charge is -2.69. The van der Waals surface area contributed by atoms with Gasteiger partial charge >= 0.3 is 5.97 Å². The van der Waals surface area contributed by atoms with E-state index in [0.717, 1.165) is 79.9 Å². The molecule has 3 fully saturated rings. The Morgan fingerprint density at radius 1 is 0.827 bits per heavy atom. The molecule has 3 aromatic carbocycles. The lowest BCUT2D eigenvalue weighted by Crippen LogP contribution is -2.62. The number of Topliss-reactive ketones (excluding diaryl/α,β-unsaturated/α-hetero) is 1. The van der Waals surface area contributed by atoms with Crippen molar-refractivity contribution >= 4 is 11.8 Å². The number of hydrogen-bond acceptors (Lipinski definition) is 7. The van der Waals surface area contributed by atoms with E-state index in [1.54, 1.807) is 31.4 Å². The molecular weight excluding hydrogens is 656 g/mol. The number of ketones is 1. The minimum atomic E-state index is -0.641. The first kappa shape index (κ1) is 37.3. The number of allylic oxidation sites excluding steroid dienone is 2. The van der Waals surface area contributed by atoms with Crippen LogP contribution in [0.25, 0.3) is 0 Å². The van der Waals surface area contributed by atoms with Gasteiger partial charge in [-0.3, -0.25) is 9.59 Å². The number of rotatable bonds is 5. The molecule has 0 aromatic heterocycles. The van der Waals surface area contributed by atoms with E-state index in [2.05, 4.69) is 33.8 Å². The summed E-state index contributed by atoms with van der Waals surface area (Å²) in [6.45, 7) is 13.5. The maximum absolute atomic E-state index is 12.3. The van der Waals surface area contributed by atoms with E-state index < -0.39 is 11.4 Å². The molecule has 0 aliphatic heterocycles. The zero-order chi connectivity index (χ0) is 38.0. The van der Waals surface area contributed by atoms with Gasteiger partial charge in [-0.2, -0.15) is 0 Å². The highest BCUT2D eigenvalue weighted by atomic mass is 16.5. The molecule has 278 valence electrons. The van der Waals surface area contributed by atoms with Crippen LogP contribution in [-0.4, -0.2) is 44.4 Å². The molecule has 0 radical (unpaired) electrons. The van der Waals surface area contributed by atoms with E-state index in [1.165, 1.54) is 23.3 Å². The van der Waals surface area contributed by atoms with Crippen LogP contribution in [0.3, 0.4) is 0 Å². The molecule has 3 saturated carbocycles. The molecule has 0 amide bonds. The summed E-state index contributed by atoms with van der Waals surface area (Å²) in [5, 5.41) is 49.7. The summed E-state index contributed by atoms with van der Waals surface area (Å²) in [6, 6.07) is 12.9. The Labute approximate surface area is 307 Å². The fraction of sp³-hybridized carbons (Fsp3) is 0.500. The summed E-state index contributed by atoms with van der Waals surface area (Å²) in [6.07, 6.45) is 10.2. The van der Waals surface area contributed by atoms with Crippen molar-refractivity contribution in [1.82, 2.24) is 0 Å². The molecule has 5 N–H and O–H groups in total. The van der Waals surface area contributed by atoms with E-state index >= 15 is 0 Å². The lowest BCUT2D eigenvalue weighted by molar-refractivity contribution is -0.177. The third kappa shape index (κ3) is 5.82. The second-order valence-electron chi connectivity index (χ2n) is 17.2. The van der Waals surface area contributed by atoms with Gasteiger partial charge in [0.1, 0.15) is 17.2 Å². The third-order valence-corrected chi connectivity index (χ3v) is 14.4. The maximum Gasteiger partial charge on any atom is 0.309 e. The lowest BCUT2D eigenvalue weighted by atomic mass is 9.34. The Kier molecular flexibility index (Phi) is 9.25. The Balaban J connectivity index is 0.000000208. The molecule has 6 atom stereocenters. The number of aliphatic carboxylic acids is 1. The van der Waals surface area contributed by atoms with Gasteiger partial charge in [0.15, 0.2) is 17.3 Å². The summed E-state index contributed by atoms with van der Waals surface area (Å²) < 4.78 is 5.04. The zero-order valence-electron chi connectivity index (χ0n) is 31.6. The Morgan fingerprint density at radius 3 is 2.13 bits per heavy atom. The van der Waals surface area contributed by atoms with Crippen molar-refractivity contribution in [3.8, 4) is 28.7 Å².